The molecule has 114 valence electrons. The molecule has 2 rings (SSSR count). The van der Waals surface area contributed by atoms with Crippen LogP contribution in [0.1, 0.15) is 23.2 Å². The summed E-state index contributed by atoms with van der Waals surface area (Å²) in [5.41, 5.74) is 0.906. The number of H-pyrrole nitrogens is 1. The molecule has 0 bridgehead atoms. The summed E-state index contributed by atoms with van der Waals surface area (Å²) in [5.74, 6) is 1.20. The van der Waals surface area contributed by atoms with Crippen molar-refractivity contribution >= 4 is 39.2 Å². The molecule has 0 fully saturated rings. The standard InChI is InChI=1S/C14H19N3O2S2/c1-7-8(2)21-13-11(7)12(18)15-10(16-13)6-20-9(3)14(19)17(4)5/h9H,6H2,1-5H3,(H,15,16,18). The van der Waals surface area contributed by atoms with Gasteiger partial charge in [-0.1, -0.05) is 0 Å². The van der Waals surface area contributed by atoms with Crippen LogP contribution in [0.2, 0.25) is 0 Å². The van der Waals surface area contributed by atoms with Gasteiger partial charge in [-0.3, -0.25) is 9.59 Å². The number of nitrogens with one attached hydrogen (secondary N) is 1. The van der Waals surface area contributed by atoms with Crippen LogP contribution in [-0.4, -0.2) is 40.1 Å². The molecule has 0 saturated carbocycles. The number of carbonyl (C=O) groups is 1. The number of carbonyl (C=O) groups excluding carboxylic acids is 1. The molecule has 21 heavy (non-hydrogen) atoms. The summed E-state index contributed by atoms with van der Waals surface area (Å²) in [7, 11) is 3.48. The molecule has 1 amide bonds. The van der Waals surface area contributed by atoms with Crippen LogP contribution < -0.4 is 5.56 Å². The number of fused-ring (bicyclic) bond motifs is 1. The van der Waals surface area contributed by atoms with Crippen LogP contribution in [-0.2, 0) is 10.5 Å². The van der Waals surface area contributed by atoms with Crippen molar-refractivity contribution < 1.29 is 4.79 Å². The van der Waals surface area contributed by atoms with Crippen molar-refractivity contribution in [2.24, 2.45) is 0 Å². The lowest BCUT2D eigenvalue weighted by Crippen LogP contribution is -2.29. The maximum absolute atomic E-state index is 12.1. The molecule has 2 aromatic rings. The lowest BCUT2D eigenvalue weighted by molar-refractivity contribution is -0.127. The molecule has 0 aliphatic carbocycles. The van der Waals surface area contributed by atoms with Crippen molar-refractivity contribution in [3.63, 3.8) is 0 Å². The fraction of sp³-hybridized carbons (Fsp3) is 0.500. The minimum Gasteiger partial charge on any atom is -0.348 e. The zero-order valence-corrected chi connectivity index (χ0v) is 14.4. The Bertz CT molecular complexity index is 734. The van der Waals surface area contributed by atoms with E-state index < -0.39 is 0 Å². The Morgan fingerprint density at radius 1 is 1.43 bits per heavy atom. The molecule has 0 aliphatic heterocycles. The maximum atomic E-state index is 12.1. The molecule has 1 atom stereocenters. The molecule has 2 aromatic heterocycles. The number of amides is 1. The number of thiophene rings is 1. The molecular formula is C14H19N3O2S2. The Labute approximate surface area is 131 Å². The Morgan fingerprint density at radius 3 is 2.71 bits per heavy atom. The highest BCUT2D eigenvalue weighted by Gasteiger charge is 2.17. The molecule has 2 heterocycles. The Balaban J connectivity index is 2.21. The maximum Gasteiger partial charge on any atom is 0.259 e. The molecule has 0 saturated heterocycles. The smallest absolute Gasteiger partial charge is 0.259 e. The molecule has 7 heteroatoms. The Kier molecular flexibility index (Phi) is 4.73. The van der Waals surface area contributed by atoms with E-state index in [1.807, 2.05) is 20.8 Å². The normalized spacial score (nSPS) is 12.6. The van der Waals surface area contributed by atoms with Crippen LogP contribution in [0, 0.1) is 13.8 Å². The summed E-state index contributed by atoms with van der Waals surface area (Å²) in [6.07, 6.45) is 0. The fourth-order valence-electron chi connectivity index (χ4n) is 2.01. The number of aryl methyl sites for hydroxylation is 2. The van der Waals surface area contributed by atoms with Crippen LogP contribution >= 0.6 is 23.1 Å². The topological polar surface area (TPSA) is 66.1 Å². The summed E-state index contributed by atoms with van der Waals surface area (Å²) < 4.78 is 0. The van der Waals surface area contributed by atoms with Crippen molar-refractivity contribution in [2.45, 2.75) is 31.8 Å². The van der Waals surface area contributed by atoms with Crippen molar-refractivity contribution in [2.75, 3.05) is 14.1 Å². The van der Waals surface area contributed by atoms with E-state index in [0.29, 0.717) is 17.0 Å². The average molecular weight is 325 g/mol. The molecule has 0 aromatic carbocycles. The number of aromatic nitrogens is 2. The third kappa shape index (κ3) is 3.29. The summed E-state index contributed by atoms with van der Waals surface area (Å²) in [4.78, 5) is 34.7. The number of aromatic amines is 1. The SMILES string of the molecule is Cc1sc2nc(CSC(C)C(=O)N(C)C)[nH]c(=O)c2c1C. The third-order valence-electron chi connectivity index (χ3n) is 3.35. The average Bonchev–Trinajstić information content (AvgIpc) is 2.70. The molecule has 0 radical (unpaired) electrons. The number of thioether (sulfide) groups is 1. The van der Waals surface area contributed by atoms with Gasteiger partial charge in [0.25, 0.3) is 5.56 Å². The van der Waals surface area contributed by atoms with Crippen molar-refractivity contribution in [3.8, 4) is 0 Å². The van der Waals surface area contributed by atoms with Crippen LogP contribution in [0.5, 0.6) is 0 Å². The number of nitrogens with zero attached hydrogens (tertiary/aromatic N) is 2. The van der Waals surface area contributed by atoms with Gasteiger partial charge in [-0.15, -0.1) is 23.1 Å². The van der Waals surface area contributed by atoms with Crippen LogP contribution in [0.4, 0.5) is 0 Å². The first kappa shape index (κ1) is 16.0. The molecule has 1 unspecified atom stereocenters. The third-order valence-corrected chi connectivity index (χ3v) is 5.59. The van der Waals surface area contributed by atoms with E-state index in [0.717, 1.165) is 15.3 Å². The quantitative estimate of drug-likeness (QED) is 0.937. The highest BCUT2D eigenvalue weighted by molar-refractivity contribution is 7.99. The lowest BCUT2D eigenvalue weighted by atomic mass is 10.2. The number of rotatable bonds is 4. The highest BCUT2D eigenvalue weighted by Crippen LogP contribution is 2.26. The summed E-state index contributed by atoms with van der Waals surface area (Å²) in [5, 5.41) is 0.525. The van der Waals surface area contributed by atoms with E-state index in [-0.39, 0.29) is 16.7 Å². The first-order valence-electron chi connectivity index (χ1n) is 6.63. The zero-order valence-electron chi connectivity index (χ0n) is 12.8. The Morgan fingerprint density at radius 2 is 2.10 bits per heavy atom. The molecular weight excluding hydrogens is 306 g/mol. The van der Waals surface area contributed by atoms with Gasteiger partial charge in [0.15, 0.2) is 0 Å². The summed E-state index contributed by atoms with van der Waals surface area (Å²) in [6, 6.07) is 0. The monoisotopic (exact) mass is 325 g/mol. The van der Waals surface area contributed by atoms with E-state index in [4.69, 9.17) is 0 Å². The van der Waals surface area contributed by atoms with Crippen LogP contribution in [0.25, 0.3) is 10.2 Å². The van der Waals surface area contributed by atoms with Gasteiger partial charge in [0, 0.05) is 19.0 Å². The second kappa shape index (κ2) is 6.19. The van der Waals surface area contributed by atoms with Gasteiger partial charge in [-0.2, -0.15) is 0 Å². The molecule has 0 aliphatic rings. The van der Waals surface area contributed by atoms with E-state index in [9.17, 15) is 9.59 Å². The Hall–Kier alpha value is -1.34. The van der Waals surface area contributed by atoms with E-state index in [2.05, 4.69) is 9.97 Å². The van der Waals surface area contributed by atoms with Crippen LogP contribution in [0.15, 0.2) is 4.79 Å². The first-order valence-corrected chi connectivity index (χ1v) is 8.49. The lowest BCUT2D eigenvalue weighted by Gasteiger charge is -2.15. The van der Waals surface area contributed by atoms with Crippen molar-refractivity contribution in [3.05, 3.63) is 26.6 Å². The summed E-state index contributed by atoms with van der Waals surface area (Å²) in [6.45, 7) is 5.80. The molecule has 5 nitrogen and oxygen atoms in total. The summed E-state index contributed by atoms with van der Waals surface area (Å²) >= 11 is 3.01. The second-order valence-electron chi connectivity index (χ2n) is 5.16. The minimum atomic E-state index is -0.159. The largest absolute Gasteiger partial charge is 0.348 e. The van der Waals surface area contributed by atoms with Gasteiger partial charge < -0.3 is 9.88 Å². The second-order valence-corrected chi connectivity index (χ2v) is 7.69. The minimum absolute atomic E-state index is 0.0613. The van der Waals surface area contributed by atoms with E-state index in [1.165, 1.54) is 23.1 Å². The highest BCUT2D eigenvalue weighted by atomic mass is 32.2. The fourth-order valence-corrected chi connectivity index (χ4v) is 3.95. The van der Waals surface area contributed by atoms with Gasteiger partial charge >= 0.3 is 0 Å². The van der Waals surface area contributed by atoms with Gasteiger partial charge in [-0.05, 0) is 26.3 Å². The zero-order chi connectivity index (χ0) is 15.7. The molecule has 0 spiro atoms. The number of hydrogen-bond donors (Lipinski definition) is 1. The van der Waals surface area contributed by atoms with Gasteiger partial charge in [0.1, 0.15) is 10.7 Å². The van der Waals surface area contributed by atoms with Gasteiger partial charge in [-0.25, -0.2) is 4.98 Å². The van der Waals surface area contributed by atoms with Gasteiger partial charge in [0.05, 0.1) is 16.4 Å². The van der Waals surface area contributed by atoms with Gasteiger partial charge in [0.2, 0.25) is 5.91 Å². The predicted octanol–water partition coefficient (Wildman–Crippen LogP) is 2.31. The van der Waals surface area contributed by atoms with Crippen molar-refractivity contribution in [1.82, 2.24) is 14.9 Å². The van der Waals surface area contributed by atoms with Crippen LogP contribution in [0.3, 0.4) is 0 Å². The van der Waals surface area contributed by atoms with E-state index >= 15 is 0 Å². The van der Waals surface area contributed by atoms with Crippen molar-refractivity contribution in [1.29, 1.82) is 0 Å². The van der Waals surface area contributed by atoms with E-state index in [1.54, 1.807) is 19.0 Å². The number of hydrogen-bond acceptors (Lipinski definition) is 5. The first-order chi connectivity index (χ1) is 9.81. The predicted molar refractivity (Wildman–Crippen MR) is 89.2 cm³/mol. The molecule has 1 N–H and O–H groups in total.